The van der Waals surface area contributed by atoms with Crippen LogP contribution < -0.4 is 10.1 Å². The Balaban J connectivity index is 1.98. The van der Waals surface area contributed by atoms with Crippen molar-refractivity contribution in [2.24, 2.45) is 0 Å². The third-order valence-corrected chi connectivity index (χ3v) is 4.01. The first-order valence-corrected chi connectivity index (χ1v) is 8.38. The summed E-state index contributed by atoms with van der Waals surface area (Å²) in [5, 5.41) is 2.83. The highest BCUT2D eigenvalue weighted by Crippen LogP contribution is 2.22. The summed E-state index contributed by atoms with van der Waals surface area (Å²) >= 11 is 0. The Labute approximate surface area is 147 Å². The van der Waals surface area contributed by atoms with Gasteiger partial charge in [0.25, 0.3) is 0 Å². The Hall–Kier alpha value is -2.63. The van der Waals surface area contributed by atoms with Crippen molar-refractivity contribution < 1.29 is 13.9 Å². The molecule has 1 aromatic heterocycles. The molecule has 2 rings (SSSR count). The summed E-state index contributed by atoms with van der Waals surface area (Å²) in [6.45, 7) is 4.48. The van der Waals surface area contributed by atoms with Gasteiger partial charge in [0.1, 0.15) is 0 Å². The molecule has 0 aliphatic heterocycles. The highest BCUT2D eigenvalue weighted by molar-refractivity contribution is 5.74. The molecule has 0 unspecified atom stereocenters. The van der Waals surface area contributed by atoms with Crippen LogP contribution >= 0.6 is 0 Å². The van der Waals surface area contributed by atoms with Crippen molar-refractivity contribution in [3.05, 3.63) is 59.7 Å². The van der Waals surface area contributed by atoms with Crippen LogP contribution in [0.5, 0.6) is 5.75 Å². The molecule has 0 saturated heterocycles. The molecule has 134 valence electrons. The molecule has 0 saturated carbocycles. The molecule has 0 fully saturated rings. The second-order valence-electron chi connectivity index (χ2n) is 5.67. The van der Waals surface area contributed by atoms with Gasteiger partial charge in [0.15, 0.2) is 11.6 Å². The number of ether oxygens (including phenoxy) is 1. The number of carbonyl (C=O) groups excluding carboxylic acids is 1. The zero-order valence-electron chi connectivity index (χ0n) is 14.8. The SMILES string of the molecule is CCOc1ccc(CNC(=O)N(C)[C@@H](CC)c2ccncc2)cc1F. The fourth-order valence-corrected chi connectivity index (χ4v) is 2.69. The first-order chi connectivity index (χ1) is 12.1. The lowest BCUT2D eigenvalue weighted by atomic mass is 10.1. The summed E-state index contributed by atoms with van der Waals surface area (Å²) in [7, 11) is 1.75. The summed E-state index contributed by atoms with van der Waals surface area (Å²) in [6, 6.07) is 8.26. The van der Waals surface area contributed by atoms with Gasteiger partial charge in [-0.05, 0) is 48.7 Å². The lowest BCUT2D eigenvalue weighted by Gasteiger charge is -2.27. The number of carbonyl (C=O) groups is 1. The molecule has 5 nitrogen and oxygen atoms in total. The number of nitrogens with one attached hydrogen (secondary N) is 1. The molecule has 6 heteroatoms. The van der Waals surface area contributed by atoms with Gasteiger partial charge in [-0.1, -0.05) is 13.0 Å². The molecular formula is C19H24FN3O2. The normalized spacial score (nSPS) is 11.7. The van der Waals surface area contributed by atoms with Crippen molar-refractivity contribution in [2.45, 2.75) is 32.9 Å². The number of rotatable bonds is 7. The minimum atomic E-state index is -0.426. The van der Waals surface area contributed by atoms with Crippen molar-refractivity contribution in [1.29, 1.82) is 0 Å². The lowest BCUT2D eigenvalue weighted by molar-refractivity contribution is 0.188. The largest absolute Gasteiger partial charge is 0.491 e. The van der Waals surface area contributed by atoms with E-state index in [0.29, 0.717) is 12.2 Å². The fraction of sp³-hybridized carbons (Fsp3) is 0.368. The molecule has 0 spiro atoms. The topological polar surface area (TPSA) is 54.5 Å². The molecule has 0 aliphatic rings. The molecule has 1 atom stereocenters. The molecular weight excluding hydrogens is 321 g/mol. The Morgan fingerprint density at radius 3 is 2.60 bits per heavy atom. The van der Waals surface area contributed by atoms with Gasteiger partial charge in [0.05, 0.1) is 12.6 Å². The van der Waals surface area contributed by atoms with Crippen LogP contribution in [0.3, 0.4) is 0 Å². The summed E-state index contributed by atoms with van der Waals surface area (Å²) < 4.78 is 19.0. The molecule has 1 heterocycles. The van der Waals surface area contributed by atoms with Gasteiger partial charge < -0.3 is 15.0 Å². The summed E-state index contributed by atoms with van der Waals surface area (Å²) in [6.07, 6.45) is 4.21. The molecule has 0 bridgehead atoms. The second-order valence-corrected chi connectivity index (χ2v) is 5.67. The van der Waals surface area contributed by atoms with Gasteiger partial charge in [-0.2, -0.15) is 0 Å². The summed E-state index contributed by atoms with van der Waals surface area (Å²) in [4.78, 5) is 18.1. The van der Waals surface area contributed by atoms with Crippen LogP contribution in [-0.2, 0) is 6.54 Å². The quantitative estimate of drug-likeness (QED) is 0.828. The lowest BCUT2D eigenvalue weighted by Crippen LogP contribution is -2.39. The van der Waals surface area contributed by atoms with Crippen LogP contribution in [0, 0.1) is 5.82 Å². The fourth-order valence-electron chi connectivity index (χ4n) is 2.69. The summed E-state index contributed by atoms with van der Waals surface area (Å²) in [5.41, 5.74) is 1.71. The minimum Gasteiger partial charge on any atom is -0.491 e. The standard InChI is InChI=1S/C19H24FN3O2/c1-4-17(15-8-10-21-11-9-15)23(3)19(24)22-13-14-6-7-18(25-5-2)16(20)12-14/h6-12,17H,4-5,13H2,1-3H3,(H,22,24)/t17-/m0/s1. The number of aromatic nitrogens is 1. The first kappa shape index (κ1) is 18.7. The van der Waals surface area contributed by atoms with E-state index in [-0.39, 0.29) is 24.4 Å². The van der Waals surface area contributed by atoms with E-state index < -0.39 is 5.82 Å². The highest BCUT2D eigenvalue weighted by Gasteiger charge is 2.19. The molecule has 2 aromatic rings. The highest BCUT2D eigenvalue weighted by atomic mass is 19.1. The maximum atomic E-state index is 13.9. The molecule has 1 aromatic carbocycles. The Kier molecular flexibility index (Phi) is 6.74. The van der Waals surface area contributed by atoms with Crippen molar-refractivity contribution in [3.63, 3.8) is 0 Å². The van der Waals surface area contributed by atoms with Crippen LogP contribution in [-0.4, -0.2) is 29.6 Å². The van der Waals surface area contributed by atoms with Gasteiger partial charge in [0, 0.05) is 26.0 Å². The second kappa shape index (κ2) is 9.01. The first-order valence-electron chi connectivity index (χ1n) is 8.38. The third kappa shape index (κ3) is 4.92. The molecule has 25 heavy (non-hydrogen) atoms. The van der Waals surface area contributed by atoms with E-state index in [4.69, 9.17) is 4.74 Å². The van der Waals surface area contributed by atoms with E-state index in [9.17, 15) is 9.18 Å². The van der Waals surface area contributed by atoms with E-state index in [1.807, 2.05) is 19.1 Å². The Bertz CT molecular complexity index is 694. The molecule has 0 aliphatic carbocycles. The van der Waals surface area contributed by atoms with Crippen LogP contribution in [0.4, 0.5) is 9.18 Å². The molecule has 2 amide bonds. The van der Waals surface area contributed by atoms with E-state index in [0.717, 1.165) is 12.0 Å². The number of urea groups is 1. The van der Waals surface area contributed by atoms with Crippen LogP contribution in [0.15, 0.2) is 42.7 Å². The van der Waals surface area contributed by atoms with Crippen LogP contribution in [0.25, 0.3) is 0 Å². The van der Waals surface area contributed by atoms with E-state index in [2.05, 4.69) is 10.3 Å². The van der Waals surface area contributed by atoms with Gasteiger partial charge >= 0.3 is 6.03 Å². The predicted octanol–water partition coefficient (Wildman–Crippen LogP) is 3.91. The van der Waals surface area contributed by atoms with E-state index in [1.54, 1.807) is 43.4 Å². The number of pyridine rings is 1. The molecule has 1 N–H and O–H groups in total. The smallest absolute Gasteiger partial charge is 0.317 e. The van der Waals surface area contributed by atoms with Gasteiger partial charge in [-0.15, -0.1) is 0 Å². The average Bonchev–Trinajstić information content (AvgIpc) is 2.63. The van der Waals surface area contributed by atoms with E-state index >= 15 is 0 Å². The maximum absolute atomic E-state index is 13.9. The van der Waals surface area contributed by atoms with Crippen molar-refractivity contribution >= 4 is 6.03 Å². The number of hydrogen-bond acceptors (Lipinski definition) is 3. The van der Waals surface area contributed by atoms with Crippen molar-refractivity contribution in [1.82, 2.24) is 15.2 Å². The average molecular weight is 345 g/mol. The van der Waals surface area contributed by atoms with Crippen LogP contribution in [0.1, 0.15) is 37.4 Å². The Morgan fingerprint density at radius 2 is 2.00 bits per heavy atom. The van der Waals surface area contributed by atoms with Gasteiger partial charge in [-0.25, -0.2) is 9.18 Å². The minimum absolute atomic E-state index is 0.0416. The maximum Gasteiger partial charge on any atom is 0.317 e. The monoisotopic (exact) mass is 345 g/mol. The number of benzene rings is 1. The Morgan fingerprint density at radius 1 is 1.28 bits per heavy atom. The van der Waals surface area contributed by atoms with Crippen molar-refractivity contribution in [2.75, 3.05) is 13.7 Å². The van der Waals surface area contributed by atoms with Gasteiger partial charge in [-0.3, -0.25) is 4.98 Å². The summed E-state index contributed by atoms with van der Waals surface area (Å²) in [5.74, 6) is -0.205. The molecule has 0 radical (unpaired) electrons. The number of halogens is 1. The number of amides is 2. The van der Waals surface area contributed by atoms with Crippen LogP contribution in [0.2, 0.25) is 0 Å². The predicted molar refractivity (Wildman–Crippen MR) is 94.8 cm³/mol. The van der Waals surface area contributed by atoms with E-state index in [1.165, 1.54) is 6.07 Å². The zero-order valence-corrected chi connectivity index (χ0v) is 14.8. The van der Waals surface area contributed by atoms with Gasteiger partial charge in [0.2, 0.25) is 0 Å². The number of nitrogens with zero attached hydrogens (tertiary/aromatic N) is 2. The van der Waals surface area contributed by atoms with Crippen molar-refractivity contribution in [3.8, 4) is 5.75 Å². The third-order valence-electron chi connectivity index (χ3n) is 4.01. The number of hydrogen-bond donors (Lipinski definition) is 1. The zero-order chi connectivity index (χ0) is 18.2.